The van der Waals surface area contributed by atoms with E-state index in [0.29, 0.717) is 12.8 Å². The molecule has 0 aromatic rings. The highest BCUT2D eigenvalue weighted by Gasteiger charge is 2.36. The van der Waals surface area contributed by atoms with Gasteiger partial charge in [0.15, 0.2) is 0 Å². The van der Waals surface area contributed by atoms with E-state index in [2.05, 4.69) is 0 Å². The maximum atomic E-state index is 9.78. The predicted molar refractivity (Wildman–Crippen MR) is 111 cm³/mol. The van der Waals surface area contributed by atoms with Crippen molar-refractivity contribution in [3.63, 3.8) is 0 Å². The SMILES string of the molecule is N#COC1CCC(OP(=S)(OC2CCC(O)CC2)OC2CCC(OC#N)CC2)CC1. The molecule has 1 N–H and O–H groups in total. The summed E-state index contributed by atoms with van der Waals surface area (Å²) in [7, 11) is 0. The van der Waals surface area contributed by atoms with Crippen molar-refractivity contribution in [3.05, 3.63) is 0 Å². The third kappa shape index (κ3) is 7.34. The normalized spacial score (nSPS) is 36.6. The number of hydrogen-bond acceptors (Lipinski definition) is 9. The maximum absolute atomic E-state index is 9.78. The zero-order chi connectivity index (χ0) is 21.4. The lowest BCUT2D eigenvalue weighted by Gasteiger charge is -2.37. The summed E-state index contributed by atoms with van der Waals surface area (Å²) < 4.78 is 29.0. The Bertz CT molecular complexity index is 617. The highest BCUT2D eigenvalue weighted by molar-refractivity contribution is 8.07. The fourth-order valence-corrected chi connectivity index (χ4v) is 7.41. The Balaban J connectivity index is 1.58. The second kappa shape index (κ2) is 11.6. The van der Waals surface area contributed by atoms with Gasteiger partial charge >= 0.3 is 6.72 Å². The van der Waals surface area contributed by atoms with Crippen LogP contribution < -0.4 is 0 Å². The Hall–Kier alpha value is -0.930. The lowest BCUT2D eigenvalue weighted by atomic mass is 9.95. The molecule has 8 nitrogen and oxygen atoms in total. The summed E-state index contributed by atoms with van der Waals surface area (Å²) in [5.41, 5.74) is 0. The molecule has 0 atom stereocenters. The van der Waals surface area contributed by atoms with Crippen molar-refractivity contribution in [1.29, 1.82) is 10.5 Å². The van der Waals surface area contributed by atoms with Crippen LogP contribution in [0.2, 0.25) is 0 Å². The van der Waals surface area contributed by atoms with Crippen LogP contribution in [-0.2, 0) is 34.9 Å². The van der Waals surface area contributed by atoms with Crippen LogP contribution in [0.1, 0.15) is 77.0 Å². The maximum Gasteiger partial charge on any atom is 0.327 e. The lowest BCUT2D eigenvalue weighted by molar-refractivity contribution is -0.00300. The predicted octanol–water partition coefficient (Wildman–Crippen LogP) is 4.18. The molecule has 0 bridgehead atoms. The summed E-state index contributed by atoms with van der Waals surface area (Å²) in [5.74, 6) is 0. The summed E-state index contributed by atoms with van der Waals surface area (Å²) in [4.78, 5) is 0. The van der Waals surface area contributed by atoms with Crippen molar-refractivity contribution in [2.24, 2.45) is 0 Å². The van der Waals surface area contributed by atoms with Gasteiger partial charge in [0.05, 0.1) is 24.4 Å². The first-order valence-corrected chi connectivity index (χ1v) is 13.5. The van der Waals surface area contributed by atoms with Gasteiger partial charge in [-0.25, -0.2) is 0 Å². The van der Waals surface area contributed by atoms with E-state index >= 15 is 0 Å². The smallest absolute Gasteiger partial charge is 0.327 e. The van der Waals surface area contributed by atoms with Gasteiger partial charge in [-0.1, -0.05) is 0 Å². The molecule has 0 radical (unpaired) electrons. The number of nitriles is 2. The minimum Gasteiger partial charge on any atom is -0.424 e. The minimum atomic E-state index is -2.97. The van der Waals surface area contributed by atoms with Gasteiger partial charge in [0.25, 0.3) is 12.5 Å². The van der Waals surface area contributed by atoms with E-state index in [4.69, 9.17) is 45.4 Å². The molecular formula is C20H31N2O6PS. The summed E-state index contributed by atoms with van der Waals surface area (Å²) in [6.45, 7) is -2.97. The number of aliphatic hydroxyl groups excluding tert-OH is 1. The van der Waals surface area contributed by atoms with Crippen LogP contribution >= 0.6 is 6.72 Å². The molecule has 0 aromatic carbocycles. The van der Waals surface area contributed by atoms with E-state index in [1.54, 1.807) is 12.5 Å². The molecule has 0 spiro atoms. The second-order valence-electron chi connectivity index (χ2n) is 8.41. The number of ether oxygens (including phenoxy) is 2. The van der Waals surface area contributed by atoms with Crippen molar-refractivity contribution in [2.45, 2.75) is 114 Å². The van der Waals surface area contributed by atoms with Crippen LogP contribution in [-0.4, -0.2) is 41.7 Å². The van der Waals surface area contributed by atoms with Crippen LogP contribution in [0.3, 0.4) is 0 Å². The summed E-state index contributed by atoms with van der Waals surface area (Å²) in [5, 5.41) is 27.2. The molecule has 3 aliphatic rings. The van der Waals surface area contributed by atoms with Crippen LogP contribution in [0.4, 0.5) is 0 Å². The Morgan fingerprint density at radius 2 is 0.900 bits per heavy atom. The Morgan fingerprint density at radius 3 is 1.23 bits per heavy atom. The van der Waals surface area contributed by atoms with Crippen molar-refractivity contribution in [1.82, 2.24) is 0 Å². The van der Waals surface area contributed by atoms with E-state index in [1.165, 1.54) is 0 Å². The molecular weight excluding hydrogens is 427 g/mol. The third-order valence-electron chi connectivity index (χ3n) is 6.16. The van der Waals surface area contributed by atoms with Crippen molar-refractivity contribution >= 4 is 18.5 Å². The Labute approximate surface area is 183 Å². The lowest BCUT2D eigenvalue weighted by Crippen LogP contribution is -2.30. The Morgan fingerprint density at radius 1 is 0.600 bits per heavy atom. The van der Waals surface area contributed by atoms with Gasteiger partial charge in [0.1, 0.15) is 12.2 Å². The molecule has 0 aliphatic heterocycles. The molecule has 168 valence electrons. The molecule has 0 heterocycles. The Kier molecular flexibility index (Phi) is 9.19. The zero-order valence-electron chi connectivity index (χ0n) is 17.2. The first-order valence-electron chi connectivity index (χ1n) is 10.9. The van der Waals surface area contributed by atoms with E-state index in [0.717, 1.165) is 64.2 Å². The second-order valence-corrected chi connectivity index (χ2v) is 11.3. The third-order valence-corrected chi connectivity index (χ3v) is 8.60. The number of rotatable bonds is 8. The van der Waals surface area contributed by atoms with Crippen molar-refractivity contribution in [2.75, 3.05) is 0 Å². The monoisotopic (exact) mass is 458 g/mol. The molecule has 3 fully saturated rings. The van der Waals surface area contributed by atoms with E-state index in [9.17, 15) is 5.11 Å². The molecule has 10 heteroatoms. The van der Waals surface area contributed by atoms with Crippen LogP contribution in [0.25, 0.3) is 0 Å². The first kappa shape index (κ1) is 23.7. The molecule has 0 unspecified atom stereocenters. The molecule has 30 heavy (non-hydrogen) atoms. The highest BCUT2D eigenvalue weighted by Crippen LogP contribution is 2.56. The van der Waals surface area contributed by atoms with Gasteiger partial charge in [0.2, 0.25) is 0 Å². The molecule has 3 saturated carbocycles. The number of nitrogens with zero attached hydrogens (tertiary/aromatic N) is 2. The van der Waals surface area contributed by atoms with Gasteiger partial charge in [0, 0.05) is 0 Å². The molecule has 0 amide bonds. The number of aliphatic hydroxyl groups is 1. The summed E-state index contributed by atoms with van der Waals surface area (Å²) >= 11 is 5.85. The van der Waals surface area contributed by atoms with E-state index < -0.39 is 6.72 Å². The van der Waals surface area contributed by atoms with Crippen molar-refractivity contribution in [3.8, 4) is 12.5 Å². The summed E-state index contributed by atoms with van der Waals surface area (Å²) in [6, 6.07) is 0. The van der Waals surface area contributed by atoms with Crippen molar-refractivity contribution < 1.29 is 28.2 Å². The minimum absolute atomic E-state index is 0.0511. The molecule has 0 aromatic heterocycles. The summed E-state index contributed by atoms with van der Waals surface area (Å²) in [6.07, 6.45) is 11.9. The average molecular weight is 459 g/mol. The topological polar surface area (TPSA) is 114 Å². The standard InChI is InChI=1S/C20H31N2O6PS/c21-13-24-16-5-9-19(10-6-16)27-29(30,26-18-3-1-15(23)2-4-18)28-20-11-7-17(8-12-20)25-14-22/h15-20,23H,1-12H2. The first-order chi connectivity index (χ1) is 14.5. The van der Waals surface area contributed by atoms with Gasteiger partial charge in [-0.2, -0.15) is 10.5 Å². The number of hydrogen-bond donors (Lipinski definition) is 1. The van der Waals surface area contributed by atoms with Gasteiger partial charge < -0.3 is 28.2 Å². The van der Waals surface area contributed by atoms with Crippen LogP contribution in [0.5, 0.6) is 0 Å². The molecule has 3 aliphatic carbocycles. The zero-order valence-corrected chi connectivity index (χ0v) is 18.9. The fourth-order valence-electron chi connectivity index (χ4n) is 4.43. The highest BCUT2D eigenvalue weighted by atomic mass is 32.5. The quantitative estimate of drug-likeness (QED) is 0.422. The van der Waals surface area contributed by atoms with Crippen LogP contribution in [0.15, 0.2) is 0 Å². The fraction of sp³-hybridized carbons (Fsp3) is 0.900. The molecule has 3 rings (SSSR count). The van der Waals surface area contributed by atoms with E-state index in [-0.39, 0.29) is 36.6 Å². The van der Waals surface area contributed by atoms with Crippen LogP contribution in [0, 0.1) is 23.0 Å². The largest absolute Gasteiger partial charge is 0.424 e. The van der Waals surface area contributed by atoms with Gasteiger partial charge in [-0.15, -0.1) is 0 Å². The van der Waals surface area contributed by atoms with Gasteiger partial charge in [-0.3, -0.25) is 0 Å². The van der Waals surface area contributed by atoms with E-state index in [1.807, 2.05) is 0 Å². The van der Waals surface area contributed by atoms with Gasteiger partial charge in [-0.05, 0) is 88.9 Å². The molecule has 0 saturated heterocycles. The average Bonchev–Trinajstić information content (AvgIpc) is 2.73.